The molecule has 2 aromatic rings. The first-order chi connectivity index (χ1) is 8.18. The monoisotopic (exact) mass is 230 g/mol. The highest BCUT2D eigenvalue weighted by Gasteiger charge is 2.13. The highest BCUT2D eigenvalue weighted by molar-refractivity contribution is 5.55. The van der Waals surface area contributed by atoms with Gasteiger partial charge in [0, 0.05) is 24.0 Å². The number of aromatic nitrogens is 2. The summed E-state index contributed by atoms with van der Waals surface area (Å²) in [5.41, 5.74) is 1.11. The predicted molar refractivity (Wildman–Crippen MR) is 68.7 cm³/mol. The van der Waals surface area contributed by atoms with E-state index in [9.17, 15) is 5.11 Å². The van der Waals surface area contributed by atoms with E-state index in [1.54, 1.807) is 6.20 Å². The SMILES string of the molecule is CC(O)CC(C)n1ccnc1-c1ccccc1. The van der Waals surface area contributed by atoms with Crippen molar-refractivity contribution in [3.8, 4) is 11.4 Å². The first kappa shape index (κ1) is 11.9. The van der Waals surface area contributed by atoms with Crippen LogP contribution < -0.4 is 0 Å². The lowest BCUT2D eigenvalue weighted by molar-refractivity contribution is 0.166. The van der Waals surface area contributed by atoms with Crippen LogP contribution in [0.5, 0.6) is 0 Å². The molecule has 0 radical (unpaired) electrons. The van der Waals surface area contributed by atoms with Crippen LogP contribution in [-0.4, -0.2) is 20.8 Å². The molecule has 2 unspecified atom stereocenters. The van der Waals surface area contributed by atoms with Gasteiger partial charge in [-0.25, -0.2) is 4.98 Å². The van der Waals surface area contributed by atoms with Crippen molar-refractivity contribution >= 4 is 0 Å². The van der Waals surface area contributed by atoms with E-state index >= 15 is 0 Å². The summed E-state index contributed by atoms with van der Waals surface area (Å²) in [4.78, 5) is 4.40. The summed E-state index contributed by atoms with van der Waals surface area (Å²) < 4.78 is 2.11. The van der Waals surface area contributed by atoms with Crippen LogP contribution in [0.1, 0.15) is 26.3 Å². The van der Waals surface area contributed by atoms with Gasteiger partial charge in [-0.2, -0.15) is 0 Å². The Morgan fingerprint density at radius 3 is 2.59 bits per heavy atom. The maximum absolute atomic E-state index is 9.45. The van der Waals surface area contributed by atoms with E-state index in [4.69, 9.17) is 0 Å². The number of nitrogens with zero attached hydrogens (tertiary/aromatic N) is 2. The summed E-state index contributed by atoms with van der Waals surface area (Å²) >= 11 is 0. The van der Waals surface area contributed by atoms with Crippen molar-refractivity contribution in [3.05, 3.63) is 42.7 Å². The largest absolute Gasteiger partial charge is 0.393 e. The second-order valence-corrected chi connectivity index (χ2v) is 4.46. The Bertz CT molecular complexity index is 462. The van der Waals surface area contributed by atoms with Gasteiger partial charge in [-0.1, -0.05) is 30.3 Å². The van der Waals surface area contributed by atoms with Gasteiger partial charge in [0.1, 0.15) is 5.82 Å². The summed E-state index contributed by atoms with van der Waals surface area (Å²) in [5, 5.41) is 9.45. The summed E-state index contributed by atoms with van der Waals surface area (Å²) in [5.74, 6) is 0.957. The van der Waals surface area contributed by atoms with Gasteiger partial charge in [0.05, 0.1) is 6.10 Å². The fourth-order valence-electron chi connectivity index (χ4n) is 2.09. The molecule has 1 aromatic heterocycles. The van der Waals surface area contributed by atoms with Crippen molar-refractivity contribution in [1.29, 1.82) is 0 Å². The predicted octanol–water partition coefficient (Wildman–Crippen LogP) is 2.88. The minimum atomic E-state index is -0.295. The van der Waals surface area contributed by atoms with E-state index < -0.39 is 0 Å². The fourth-order valence-corrected chi connectivity index (χ4v) is 2.09. The lowest BCUT2D eigenvalue weighted by atomic mass is 10.1. The minimum Gasteiger partial charge on any atom is -0.393 e. The van der Waals surface area contributed by atoms with Crippen molar-refractivity contribution in [2.24, 2.45) is 0 Å². The molecule has 2 atom stereocenters. The Hall–Kier alpha value is -1.61. The molecule has 0 bridgehead atoms. The Morgan fingerprint density at radius 1 is 1.24 bits per heavy atom. The highest BCUT2D eigenvalue weighted by atomic mass is 16.3. The second-order valence-electron chi connectivity index (χ2n) is 4.46. The van der Waals surface area contributed by atoms with Gasteiger partial charge in [0.15, 0.2) is 0 Å². The zero-order valence-electron chi connectivity index (χ0n) is 10.2. The lowest BCUT2D eigenvalue weighted by Crippen LogP contribution is -2.12. The quantitative estimate of drug-likeness (QED) is 0.877. The number of hydrogen-bond acceptors (Lipinski definition) is 2. The minimum absolute atomic E-state index is 0.243. The normalized spacial score (nSPS) is 14.5. The van der Waals surface area contributed by atoms with Gasteiger partial charge in [-0.05, 0) is 20.3 Å². The first-order valence-corrected chi connectivity index (χ1v) is 5.95. The van der Waals surface area contributed by atoms with E-state index in [1.165, 1.54) is 0 Å². The molecule has 0 saturated carbocycles. The van der Waals surface area contributed by atoms with Gasteiger partial charge in [0.25, 0.3) is 0 Å². The fraction of sp³-hybridized carbons (Fsp3) is 0.357. The van der Waals surface area contributed by atoms with Crippen LogP contribution in [0.2, 0.25) is 0 Å². The van der Waals surface area contributed by atoms with Crippen LogP contribution in [0, 0.1) is 0 Å². The molecule has 3 heteroatoms. The van der Waals surface area contributed by atoms with Crippen molar-refractivity contribution < 1.29 is 5.11 Å². The standard InChI is InChI=1S/C14H18N2O/c1-11(10-12(2)17)16-9-8-15-14(16)13-6-4-3-5-7-13/h3-9,11-12,17H,10H2,1-2H3. The van der Waals surface area contributed by atoms with E-state index in [0.29, 0.717) is 0 Å². The van der Waals surface area contributed by atoms with Crippen LogP contribution in [-0.2, 0) is 0 Å². The lowest BCUT2D eigenvalue weighted by Gasteiger charge is -2.17. The van der Waals surface area contributed by atoms with Crippen LogP contribution >= 0.6 is 0 Å². The molecule has 2 rings (SSSR count). The van der Waals surface area contributed by atoms with Crippen LogP contribution in [0.3, 0.4) is 0 Å². The molecular weight excluding hydrogens is 212 g/mol. The first-order valence-electron chi connectivity index (χ1n) is 5.95. The third-order valence-corrected chi connectivity index (χ3v) is 2.86. The van der Waals surface area contributed by atoms with Gasteiger partial charge in [-0.15, -0.1) is 0 Å². The molecule has 1 heterocycles. The summed E-state index contributed by atoms with van der Waals surface area (Å²) in [6.45, 7) is 3.91. The summed E-state index contributed by atoms with van der Waals surface area (Å²) in [7, 11) is 0. The Balaban J connectivity index is 2.29. The van der Waals surface area contributed by atoms with Crippen LogP contribution in [0.4, 0.5) is 0 Å². The molecule has 0 aliphatic heterocycles. The maximum Gasteiger partial charge on any atom is 0.140 e. The number of hydrogen-bond donors (Lipinski definition) is 1. The molecule has 1 aromatic carbocycles. The average molecular weight is 230 g/mol. The molecule has 0 saturated heterocycles. The molecule has 1 N–H and O–H groups in total. The van der Waals surface area contributed by atoms with Crippen molar-refractivity contribution in [2.75, 3.05) is 0 Å². The molecule has 90 valence electrons. The van der Waals surface area contributed by atoms with Gasteiger partial charge < -0.3 is 9.67 Å². The summed E-state index contributed by atoms with van der Waals surface area (Å²) in [6.07, 6.45) is 4.21. The Kier molecular flexibility index (Phi) is 3.59. The zero-order chi connectivity index (χ0) is 12.3. The summed E-state index contributed by atoms with van der Waals surface area (Å²) in [6, 6.07) is 10.4. The Labute approximate surface area is 102 Å². The van der Waals surface area contributed by atoms with Gasteiger partial charge in [0.2, 0.25) is 0 Å². The molecule has 0 fully saturated rings. The smallest absolute Gasteiger partial charge is 0.140 e. The molecule has 0 amide bonds. The van der Waals surface area contributed by atoms with Crippen LogP contribution in [0.15, 0.2) is 42.7 Å². The molecule has 0 aliphatic carbocycles. The van der Waals surface area contributed by atoms with E-state index in [0.717, 1.165) is 17.8 Å². The van der Waals surface area contributed by atoms with Gasteiger partial charge >= 0.3 is 0 Å². The van der Waals surface area contributed by atoms with Crippen LogP contribution in [0.25, 0.3) is 11.4 Å². The van der Waals surface area contributed by atoms with Crippen molar-refractivity contribution in [1.82, 2.24) is 9.55 Å². The maximum atomic E-state index is 9.45. The van der Waals surface area contributed by atoms with E-state index in [2.05, 4.69) is 16.5 Å². The van der Waals surface area contributed by atoms with E-state index in [-0.39, 0.29) is 12.1 Å². The zero-order valence-corrected chi connectivity index (χ0v) is 10.2. The molecule has 17 heavy (non-hydrogen) atoms. The van der Waals surface area contributed by atoms with Gasteiger partial charge in [-0.3, -0.25) is 0 Å². The number of aliphatic hydroxyl groups excluding tert-OH is 1. The number of rotatable bonds is 4. The number of aliphatic hydroxyl groups is 1. The topological polar surface area (TPSA) is 38.0 Å². The third kappa shape index (κ3) is 2.74. The average Bonchev–Trinajstić information content (AvgIpc) is 2.78. The highest BCUT2D eigenvalue weighted by Crippen LogP contribution is 2.23. The van der Waals surface area contributed by atoms with Crippen molar-refractivity contribution in [3.63, 3.8) is 0 Å². The Morgan fingerprint density at radius 2 is 1.94 bits per heavy atom. The van der Waals surface area contributed by atoms with Crippen molar-refractivity contribution in [2.45, 2.75) is 32.4 Å². The second kappa shape index (κ2) is 5.15. The third-order valence-electron chi connectivity index (χ3n) is 2.86. The number of imidazole rings is 1. The van der Waals surface area contributed by atoms with E-state index in [1.807, 2.05) is 43.5 Å². The number of benzene rings is 1. The molecule has 0 aliphatic rings. The molecule has 0 spiro atoms. The molecular formula is C14H18N2O. The molecule has 3 nitrogen and oxygen atoms in total.